The zero-order valence-electron chi connectivity index (χ0n) is 50.6. The predicted octanol–water partition coefficient (Wildman–Crippen LogP) is 22.2. The molecule has 0 aliphatic carbocycles. The van der Waals surface area contributed by atoms with Crippen LogP contribution in [0.25, 0.3) is 0 Å². The number of allylic oxidation sites excluding steroid dienone is 22. The second-order valence-corrected chi connectivity index (χ2v) is 20.9. The predicted molar refractivity (Wildman–Crippen MR) is 339 cm³/mol. The summed E-state index contributed by atoms with van der Waals surface area (Å²) in [6.45, 7) is 6.44. The van der Waals surface area contributed by atoms with Crippen molar-refractivity contribution in [2.75, 3.05) is 13.2 Å². The number of esters is 3. The first kappa shape index (κ1) is 73.5. The summed E-state index contributed by atoms with van der Waals surface area (Å²) in [5.41, 5.74) is 0. The van der Waals surface area contributed by atoms with Gasteiger partial charge in [-0.1, -0.05) is 264 Å². The van der Waals surface area contributed by atoms with Crippen molar-refractivity contribution in [1.82, 2.24) is 0 Å². The molecule has 78 heavy (non-hydrogen) atoms. The van der Waals surface area contributed by atoms with Crippen LogP contribution in [0.4, 0.5) is 0 Å². The maximum absolute atomic E-state index is 12.9. The molecule has 0 aromatic carbocycles. The smallest absolute Gasteiger partial charge is 0.306 e. The highest BCUT2D eigenvalue weighted by Crippen LogP contribution is 2.15. The largest absolute Gasteiger partial charge is 0.462 e. The van der Waals surface area contributed by atoms with Gasteiger partial charge in [-0.3, -0.25) is 14.4 Å². The molecule has 0 saturated carbocycles. The molecular formula is C72H118O6. The minimum Gasteiger partial charge on any atom is -0.462 e. The molecule has 0 aromatic heterocycles. The minimum absolute atomic E-state index is 0.0959. The Bertz CT molecular complexity index is 1670. The Hall–Kier alpha value is -4.45. The third-order valence-corrected chi connectivity index (χ3v) is 13.4. The fraction of sp³-hybridized carbons (Fsp3) is 0.653. The number of ether oxygens (including phenoxy) is 3. The first-order valence-electron chi connectivity index (χ1n) is 32.2. The van der Waals surface area contributed by atoms with Crippen molar-refractivity contribution in [3.8, 4) is 0 Å². The van der Waals surface area contributed by atoms with Crippen LogP contribution >= 0.6 is 0 Å². The summed E-state index contributed by atoms with van der Waals surface area (Å²) in [5, 5.41) is 0. The molecule has 0 spiro atoms. The molecule has 0 N–H and O–H groups in total. The molecule has 0 aliphatic heterocycles. The molecule has 6 nitrogen and oxygen atoms in total. The molecule has 0 heterocycles. The first-order chi connectivity index (χ1) is 38.5. The van der Waals surface area contributed by atoms with Gasteiger partial charge in [-0.25, -0.2) is 0 Å². The normalized spacial score (nSPS) is 13.0. The van der Waals surface area contributed by atoms with Gasteiger partial charge < -0.3 is 14.2 Å². The maximum atomic E-state index is 12.9. The van der Waals surface area contributed by atoms with E-state index in [9.17, 15) is 14.4 Å². The van der Waals surface area contributed by atoms with Crippen molar-refractivity contribution in [2.45, 2.75) is 290 Å². The monoisotopic (exact) mass is 1080 g/mol. The number of carbonyl (C=O) groups excluding carboxylic acids is 3. The molecule has 1 unspecified atom stereocenters. The van der Waals surface area contributed by atoms with Crippen LogP contribution in [0.5, 0.6) is 0 Å². The van der Waals surface area contributed by atoms with Crippen LogP contribution in [-0.4, -0.2) is 37.2 Å². The minimum atomic E-state index is -0.801. The molecule has 6 heteroatoms. The molecule has 0 amide bonds. The van der Waals surface area contributed by atoms with E-state index in [1.807, 2.05) is 0 Å². The molecule has 0 aromatic rings. The zero-order valence-corrected chi connectivity index (χ0v) is 50.6. The Labute approximate surface area is 481 Å². The molecular weight excluding hydrogens is 961 g/mol. The fourth-order valence-electron chi connectivity index (χ4n) is 8.53. The SMILES string of the molecule is CC/C=C\C/C=C\C/C=C\C/C=C\C/C=C\C/C=C\CCCCCCCCCCC(=O)OCC(COC(=O)CCCCCCC/C=C\C/C=C\CCCC)OC(=O)CCCCCCCC/C=C\C/C=C\C/C=C\CCCCC. The highest BCUT2D eigenvalue weighted by Gasteiger charge is 2.19. The van der Waals surface area contributed by atoms with Gasteiger partial charge in [0.25, 0.3) is 0 Å². The van der Waals surface area contributed by atoms with E-state index >= 15 is 0 Å². The fourth-order valence-corrected chi connectivity index (χ4v) is 8.53. The van der Waals surface area contributed by atoms with E-state index in [2.05, 4.69) is 154 Å². The topological polar surface area (TPSA) is 78.9 Å². The quantitative estimate of drug-likeness (QED) is 0.0261. The van der Waals surface area contributed by atoms with Gasteiger partial charge in [-0.2, -0.15) is 0 Å². The van der Waals surface area contributed by atoms with E-state index in [4.69, 9.17) is 14.2 Å². The summed E-state index contributed by atoms with van der Waals surface area (Å²) in [6, 6.07) is 0. The lowest BCUT2D eigenvalue weighted by molar-refractivity contribution is -0.167. The first-order valence-corrected chi connectivity index (χ1v) is 32.2. The van der Waals surface area contributed by atoms with E-state index in [-0.39, 0.29) is 31.1 Å². The maximum Gasteiger partial charge on any atom is 0.306 e. The number of unbranched alkanes of at least 4 members (excludes halogenated alkanes) is 24. The third kappa shape index (κ3) is 62.4. The van der Waals surface area contributed by atoms with Gasteiger partial charge in [-0.15, -0.1) is 0 Å². The summed E-state index contributed by atoms with van der Waals surface area (Å²) in [4.78, 5) is 38.3. The van der Waals surface area contributed by atoms with E-state index in [1.54, 1.807) is 0 Å². The van der Waals surface area contributed by atoms with Gasteiger partial charge in [0.1, 0.15) is 13.2 Å². The van der Waals surface area contributed by atoms with E-state index in [0.717, 1.165) is 154 Å². The Morgan fingerprint density at radius 2 is 0.513 bits per heavy atom. The van der Waals surface area contributed by atoms with Crippen molar-refractivity contribution in [2.24, 2.45) is 0 Å². The molecule has 442 valence electrons. The Kier molecular flexibility index (Phi) is 61.4. The lowest BCUT2D eigenvalue weighted by Crippen LogP contribution is -2.30. The number of hydrogen-bond donors (Lipinski definition) is 0. The van der Waals surface area contributed by atoms with Crippen LogP contribution in [0.1, 0.15) is 284 Å². The van der Waals surface area contributed by atoms with Crippen molar-refractivity contribution in [3.63, 3.8) is 0 Å². The van der Waals surface area contributed by atoms with Crippen molar-refractivity contribution >= 4 is 17.9 Å². The average molecular weight is 1080 g/mol. The Morgan fingerprint density at radius 1 is 0.269 bits per heavy atom. The van der Waals surface area contributed by atoms with Crippen LogP contribution in [0.3, 0.4) is 0 Å². The summed E-state index contributed by atoms with van der Waals surface area (Å²) >= 11 is 0. The zero-order chi connectivity index (χ0) is 56.4. The third-order valence-electron chi connectivity index (χ3n) is 13.4. The van der Waals surface area contributed by atoms with Crippen molar-refractivity contribution < 1.29 is 28.6 Å². The molecule has 0 aliphatic rings. The van der Waals surface area contributed by atoms with Gasteiger partial charge in [0.2, 0.25) is 0 Å². The summed E-state index contributed by atoms with van der Waals surface area (Å²) in [7, 11) is 0. The lowest BCUT2D eigenvalue weighted by Gasteiger charge is -2.18. The van der Waals surface area contributed by atoms with Crippen LogP contribution in [0.2, 0.25) is 0 Å². The highest BCUT2D eigenvalue weighted by atomic mass is 16.6. The molecule has 0 saturated heterocycles. The van der Waals surface area contributed by atoms with E-state index in [0.29, 0.717) is 19.3 Å². The molecule has 0 bridgehead atoms. The molecule has 0 rings (SSSR count). The second-order valence-electron chi connectivity index (χ2n) is 20.9. The Morgan fingerprint density at radius 3 is 0.821 bits per heavy atom. The molecule has 0 fully saturated rings. The van der Waals surface area contributed by atoms with Crippen LogP contribution in [0, 0.1) is 0 Å². The van der Waals surface area contributed by atoms with Crippen LogP contribution in [0.15, 0.2) is 134 Å². The van der Waals surface area contributed by atoms with Gasteiger partial charge in [-0.05, 0) is 135 Å². The van der Waals surface area contributed by atoms with Gasteiger partial charge in [0, 0.05) is 19.3 Å². The summed E-state index contributed by atoms with van der Waals surface area (Å²) in [6.07, 6.45) is 91.6. The number of hydrogen-bond acceptors (Lipinski definition) is 6. The van der Waals surface area contributed by atoms with Crippen LogP contribution < -0.4 is 0 Å². The van der Waals surface area contributed by atoms with Crippen molar-refractivity contribution in [1.29, 1.82) is 0 Å². The lowest BCUT2D eigenvalue weighted by atomic mass is 10.1. The molecule has 1 atom stereocenters. The van der Waals surface area contributed by atoms with Gasteiger partial charge in [0.05, 0.1) is 0 Å². The summed E-state index contributed by atoms with van der Waals surface area (Å²) < 4.78 is 16.9. The second kappa shape index (κ2) is 65.1. The average Bonchev–Trinajstić information content (AvgIpc) is 3.44. The Balaban J connectivity index is 4.40. The highest BCUT2D eigenvalue weighted by molar-refractivity contribution is 5.71. The summed E-state index contributed by atoms with van der Waals surface area (Å²) in [5.74, 6) is -0.928. The van der Waals surface area contributed by atoms with Crippen molar-refractivity contribution in [3.05, 3.63) is 134 Å². The van der Waals surface area contributed by atoms with Crippen LogP contribution in [-0.2, 0) is 28.6 Å². The van der Waals surface area contributed by atoms with E-state index < -0.39 is 6.10 Å². The number of rotatable bonds is 57. The molecule has 0 radical (unpaired) electrons. The number of carbonyl (C=O) groups is 3. The van der Waals surface area contributed by atoms with Gasteiger partial charge in [0.15, 0.2) is 6.10 Å². The standard InChI is InChI=1S/C72H118O6/c1-4-7-10-13-16-19-22-25-28-30-32-33-34-35-36-37-38-39-41-42-44-47-50-53-56-59-62-65-71(74)77-68-69(67-76-70(73)64-61-58-55-52-49-46-27-24-21-18-15-12-9-6-3)78-72(75)66-63-60-57-54-51-48-45-43-40-31-29-26-23-20-17-14-11-8-5-2/h7,10,15-20,24-29,32-33,35-36,38-40,43,69H,4-6,8-9,11-14,21-23,30-31,34,37,41-42,44-68H2,1-3H3/b10-7-,18-15-,19-16-,20-17-,27-24-,28-25-,29-26-,33-32-,36-35-,39-38-,43-40-. The van der Waals surface area contributed by atoms with E-state index in [1.165, 1.54) is 89.9 Å². The van der Waals surface area contributed by atoms with Gasteiger partial charge >= 0.3 is 17.9 Å².